The van der Waals surface area contributed by atoms with Crippen molar-refractivity contribution in [1.82, 2.24) is 4.98 Å². The predicted molar refractivity (Wildman–Crippen MR) is 83.6 cm³/mol. The summed E-state index contributed by atoms with van der Waals surface area (Å²) in [6.07, 6.45) is 0.786. The molecule has 3 rings (SSSR count). The number of aromatic hydroxyl groups is 1. The molecule has 108 valence electrons. The second kappa shape index (κ2) is 5.48. The van der Waals surface area contributed by atoms with Gasteiger partial charge in [0.25, 0.3) is 0 Å². The Kier molecular flexibility index (Phi) is 3.52. The third kappa shape index (κ3) is 2.84. The van der Waals surface area contributed by atoms with E-state index in [0.29, 0.717) is 12.3 Å². The Morgan fingerprint density at radius 3 is 2.86 bits per heavy atom. The first-order valence-electron chi connectivity index (χ1n) is 7.07. The molecular weight excluding hydrogens is 264 g/mol. The summed E-state index contributed by atoms with van der Waals surface area (Å²) in [6, 6.07) is 11.4. The van der Waals surface area contributed by atoms with Gasteiger partial charge in [0.15, 0.2) is 11.5 Å². The SMILES string of the molecule is CCc1nc2cc(NCc3cc(C)ccc3O)ccc2o1. The zero-order valence-corrected chi connectivity index (χ0v) is 12.2. The molecule has 0 fully saturated rings. The van der Waals surface area contributed by atoms with Gasteiger partial charge in [-0.2, -0.15) is 0 Å². The summed E-state index contributed by atoms with van der Waals surface area (Å²) in [5.41, 5.74) is 4.62. The van der Waals surface area contributed by atoms with E-state index in [2.05, 4.69) is 10.3 Å². The van der Waals surface area contributed by atoms with E-state index in [-0.39, 0.29) is 0 Å². The molecule has 0 spiro atoms. The largest absolute Gasteiger partial charge is 0.508 e. The summed E-state index contributed by atoms with van der Waals surface area (Å²) >= 11 is 0. The maximum Gasteiger partial charge on any atom is 0.195 e. The molecule has 0 aliphatic carbocycles. The molecule has 3 aromatic rings. The van der Waals surface area contributed by atoms with E-state index >= 15 is 0 Å². The minimum Gasteiger partial charge on any atom is -0.508 e. The molecule has 4 nitrogen and oxygen atoms in total. The topological polar surface area (TPSA) is 58.3 Å². The van der Waals surface area contributed by atoms with Crippen LogP contribution in [0.25, 0.3) is 11.1 Å². The van der Waals surface area contributed by atoms with Gasteiger partial charge in [-0.1, -0.05) is 24.6 Å². The lowest BCUT2D eigenvalue weighted by Gasteiger charge is -2.08. The van der Waals surface area contributed by atoms with E-state index in [1.54, 1.807) is 6.07 Å². The molecule has 0 aliphatic rings. The van der Waals surface area contributed by atoms with Crippen LogP contribution >= 0.6 is 0 Å². The van der Waals surface area contributed by atoms with Gasteiger partial charge in [-0.05, 0) is 31.2 Å². The van der Waals surface area contributed by atoms with E-state index in [1.165, 1.54) is 0 Å². The molecule has 4 heteroatoms. The van der Waals surface area contributed by atoms with Crippen LogP contribution in [0.4, 0.5) is 5.69 Å². The molecule has 0 saturated carbocycles. The number of fused-ring (bicyclic) bond motifs is 1. The number of aryl methyl sites for hydroxylation is 2. The first-order chi connectivity index (χ1) is 10.2. The van der Waals surface area contributed by atoms with Crippen LogP contribution in [0.2, 0.25) is 0 Å². The van der Waals surface area contributed by atoms with Crippen molar-refractivity contribution in [2.24, 2.45) is 0 Å². The van der Waals surface area contributed by atoms with Crippen molar-refractivity contribution in [2.75, 3.05) is 5.32 Å². The van der Waals surface area contributed by atoms with Gasteiger partial charge in [-0.25, -0.2) is 4.98 Å². The van der Waals surface area contributed by atoms with E-state index in [0.717, 1.165) is 40.2 Å². The van der Waals surface area contributed by atoms with Gasteiger partial charge in [0, 0.05) is 24.2 Å². The Labute approximate surface area is 123 Å². The number of oxazole rings is 1. The van der Waals surface area contributed by atoms with Gasteiger partial charge in [0.2, 0.25) is 0 Å². The van der Waals surface area contributed by atoms with Crippen LogP contribution in [0.5, 0.6) is 5.75 Å². The highest BCUT2D eigenvalue weighted by Crippen LogP contribution is 2.23. The van der Waals surface area contributed by atoms with Gasteiger partial charge in [-0.3, -0.25) is 0 Å². The Balaban J connectivity index is 1.80. The van der Waals surface area contributed by atoms with Gasteiger partial charge in [-0.15, -0.1) is 0 Å². The van der Waals surface area contributed by atoms with Crippen molar-refractivity contribution < 1.29 is 9.52 Å². The average Bonchev–Trinajstić information content (AvgIpc) is 2.90. The van der Waals surface area contributed by atoms with Crippen LogP contribution in [0.1, 0.15) is 23.9 Å². The van der Waals surface area contributed by atoms with Crippen LogP contribution in [0.15, 0.2) is 40.8 Å². The third-order valence-corrected chi connectivity index (χ3v) is 3.45. The second-order valence-corrected chi connectivity index (χ2v) is 5.13. The van der Waals surface area contributed by atoms with Crippen molar-refractivity contribution in [3.05, 3.63) is 53.4 Å². The average molecular weight is 282 g/mol. The Morgan fingerprint density at radius 2 is 2.05 bits per heavy atom. The summed E-state index contributed by atoms with van der Waals surface area (Å²) in [5, 5.41) is 13.2. The maximum absolute atomic E-state index is 9.85. The molecule has 0 amide bonds. The van der Waals surface area contributed by atoms with E-state index < -0.39 is 0 Å². The quantitative estimate of drug-likeness (QED) is 0.759. The van der Waals surface area contributed by atoms with E-state index in [4.69, 9.17) is 4.42 Å². The lowest BCUT2D eigenvalue weighted by Crippen LogP contribution is -2.00. The van der Waals surface area contributed by atoms with Crippen LogP contribution < -0.4 is 5.32 Å². The fourth-order valence-electron chi connectivity index (χ4n) is 2.29. The van der Waals surface area contributed by atoms with Crippen LogP contribution in [-0.2, 0) is 13.0 Å². The highest BCUT2D eigenvalue weighted by Gasteiger charge is 2.06. The number of rotatable bonds is 4. The molecule has 0 bridgehead atoms. The lowest BCUT2D eigenvalue weighted by atomic mass is 10.1. The summed E-state index contributed by atoms with van der Waals surface area (Å²) in [4.78, 5) is 4.42. The standard InChI is InChI=1S/C17H18N2O2/c1-3-17-19-14-9-13(5-7-16(14)21-17)18-10-12-8-11(2)4-6-15(12)20/h4-9,18,20H,3,10H2,1-2H3. The molecule has 0 unspecified atom stereocenters. The molecule has 2 N–H and O–H groups in total. The molecule has 0 radical (unpaired) electrons. The number of nitrogens with one attached hydrogen (secondary N) is 1. The second-order valence-electron chi connectivity index (χ2n) is 5.13. The number of anilines is 1. The molecule has 0 aliphatic heterocycles. The van der Waals surface area contributed by atoms with Gasteiger partial charge in [0.05, 0.1) is 0 Å². The van der Waals surface area contributed by atoms with Crippen LogP contribution in [0.3, 0.4) is 0 Å². The first kappa shape index (κ1) is 13.5. The monoisotopic (exact) mass is 282 g/mol. The Bertz CT molecular complexity index is 778. The highest BCUT2D eigenvalue weighted by molar-refractivity contribution is 5.77. The van der Waals surface area contributed by atoms with Crippen molar-refractivity contribution in [2.45, 2.75) is 26.8 Å². The number of hydrogen-bond donors (Lipinski definition) is 2. The molecule has 0 saturated heterocycles. The molecule has 2 aromatic carbocycles. The number of benzene rings is 2. The summed E-state index contributed by atoms with van der Waals surface area (Å²) in [6.45, 7) is 4.60. The van der Waals surface area contributed by atoms with Crippen molar-refractivity contribution in [3.63, 3.8) is 0 Å². The van der Waals surface area contributed by atoms with E-state index in [1.807, 2.05) is 44.2 Å². The van der Waals surface area contributed by atoms with Gasteiger partial charge in [0.1, 0.15) is 11.3 Å². The van der Waals surface area contributed by atoms with Gasteiger partial charge >= 0.3 is 0 Å². The number of hydrogen-bond acceptors (Lipinski definition) is 4. The molecule has 0 atom stereocenters. The summed E-state index contributed by atoms with van der Waals surface area (Å²) in [7, 11) is 0. The van der Waals surface area contributed by atoms with Crippen molar-refractivity contribution >= 4 is 16.8 Å². The van der Waals surface area contributed by atoms with Crippen molar-refractivity contribution in [1.29, 1.82) is 0 Å². The third-order valence-electron chi connectivity index (χ3n) is 3.45. The Hall–Kier alpha value is -2.49. The number of phenols is 1. The maximum atomic E-state index is 9.85. The minimum atomic E-state index is 0.309. The summed E-state index contributed by atoms with van der Waals surface area (Å²) in [5.74, 6) is 1.06. The Morgan fingerprint density at radius 1 is 1.19 bits per heavy atom. The normalized spacial score (nSPS) is 11.0. The molecule has 1 aromatic heterocycles. The number of phenolic OH excluding ortho intramolecular Hbond substituents is 1. The first-order valence-corrected chi connectivity index (χ1v) is 7.07. The number of nitrogens with zero attached hydrogens (tertiary/aromatic N) is 1. The zero-order valence-electron chi connectivity index (χ0n) is 12.2. The lowest BCUT2D eigenvalue weighted by molar-refractivity contribution is 0.469. The number of aromatic nitrogens is 1. The molecule has 21 heavy (non-hydrogen) atoms. The minimum absolute atomic E-state index is 0.309. The fraction of sp³-hybridized carbons (Fsp3) is 0.235. The fourth-order valence-corrected chi connectivity index (χ4v) is 2.29. The molecule has 1 heterocycles. The molecular formula is C17H18N2O2. The van der Waals surface area contributed by atoms with E-state index in [9.17, 15) is 5.11 Å². The predicted octanol–water partition coefficient (Wildman–Crippen LogP) is 4.02. The van der Waals surface area contributed by atoms with Crippen LogP contribution in [-0.4, -0.2) is 10.1 Å². The smallest absolute Gasteiger partial charge is 0.195 e. The van der Waals surface area contributed by atoms with Gasteiger partial charge < -0.3 is 14.8 Å². The zero-order chi connectivity index (χ0) is 14.8. The highest BCUT2D eigenvalue weighted by atomic mass is 16.3. The van der Waals surface area contributed by atoms with Crippen molar-refractivity contribution in [3.8, 4) is 5.75 Å². The summed E-state index contributed by atoms with van der Waals surface area (Å²) < 4.78 is 5.59. The van der Waals surface area contributed by atoms with Crippen LogP contribution in [0, 0.1) is 6.92 Å².